The first-order valence-corrected chi connectivity index (χ1v) is 8.28. The molecule has 2 nitrogen and oxygen atoms in total. The zero-order chi connectivity index (χ0) is 14.0. The Balaban J connectivity index is 1.72. The van der Waals surface area contributed by atoms with Crippen LogP contribution < -0.4 is 5.32 Å². The van der Waals surface area contributed by atoms with Crippen LogP contribution in [-0.2, 0) is 17.8 Å². The van der Waals surface area contributed by atoms with Gasteiger partial charge >= 0.3 is 0 Å². The highest BCUT2D eigenvalue weighted by Crippen LogP contribution is 2.21. The van der Waals surface area contributed by atoms with Gasteiger partial charge in [-0.1, -0.05) is 56.9 Å². The molecule has 0 amide bonds. The number of ether oxygens (including phenoxy) is 1. The Kier molecular flexibility index (Phi) is 7.10. The fourth-order valence-electron chi connectivity index (χ4n) is 2.83. The molecular weight excluding hydrogens is 246 g/mol. The van der Waals surface area contributed by atoms with Crippen molar-refractivity contribution in [2.45, 2.75) is 64.6 Å². The van der Waals surface area contributed by atoms with E-state index in [2.05, 4.69) is 36.5 Å². The van der Waals surface area contributed by atoms with Crippen molar-refractivity contribution in [1.29, 1.82) is 0 Å². The van der Waals surface area contributed by atoms with Crippen LogP contribution in [0.15, 0.2) is 24.3 Å². The molecule has 20 heavy (non-hydrogen) atoms. The molecule has 1 fully saturated rings. The van der Waals surface area contributed by atoms with Crippen LogP contribution in [0.4, 0.5) is 0 Å². The molecule has 0 spiro atoms. The fourth-order valence-corrected chi connectivity index (χ4v) is 2.83. The summed E-state index contributed by atoms with van der Waals surface area (Å²) < 4.78 is 6.08. The van der Waals surface area contributed by atoms with E-state index >= 15 is 0 Å². The molecule has 0 saturated heterocycles. The van der Waals surface area contributed by atoms with E-state index in [1.807, 2.05) is 0 Å². The van der Waals surface area contributed by atoms with E-state index in [4.69, 9.17) is 4.74 Å². The number of rotatable bonds is 7. The fraction of sp³-hybridized carbons (Fsp3) is 0.667. The molecule has 1 N–H and O–H groups in total. The molecule has 2 heteroatoms. The lowest BCUT2D eigenvalue weighted by Crippen LogP contribution is -2.16. The summed E-state index contributed by atoms with van der Waals surface area (Å²) >= 11 is 0. The minimum Gasteiger partial charge on any atom is -0.374 e. The minimum atomic E-state index is 0.492. The first-order chi connectivity index (χ1) is 9.88. The summed E-state index contributed by atoms with van der Waals surface area (Å²) in [5.41, 5.74) is 2.71. The Morgan fingerprint density at radius 1 is 1.00 bits per heavy atom. The van der Waals surface area contributed by atoms with Crippen LogP contribution in [0.3, 0.4) is 0 Å². The monoisotopic (exact) mass is 275 g/mol. The second-order valence-electron chi connectivity index (χ2n) is 5.84. The molecule has 0 aromatic heterocycles. The molecule has 1 aliphatic rings. The first kappa shape index (κ1) is 15.5. The highest BCUT2D eigenvalue weighted by atomic mass is 16.5. The van der Waals surface area contributed by atoms with Crippen molar-refractivity contribution in [1.82, 2.24) is 5.32 Å². The molecule has 1 aromatic carbocycles. The largest absolute Gasteiger partial charge is 0.374 e. The van der Waals surface area contributed by atoms with Crippen molar-refractivity contribution in [2.75, 3.05) is 13.1 Å². The van der Waals surface area contributed by atoms with Gasteiger partial charge in [0.2, 0.25) is 0 Å². The first-order valence-electron chi connectivity index (χ1n) is 8.28. The third-order valence-electron chi connectivity index (χ3n) is 4.15. The number of hydrogen-bond acceptors (Lipinski definition) is 2. The highest BCUT2D eigenvalue weighted by Gasteiger charge is 2.12. The van der Waals surface area contributed by atoms with Gasteiger partial charge in [-0.3, -0.25) is 0 Å². The van der Waals surface area contributed by atoms with Gasteiger partial charge < -0.3 is 10.1 Å². The van der Waals surface area contributed by atoms with Crippen molar-refractivity contribution in [3.8, 4) is 0 Å². The predicted octanol–water partition coefficient (Wildman–Crippen LogP) is 4.08. The van der Waals surface area contributed by atoms with E-state index in [1.165, 1.54) is 49.7 Å². The molecule has 0 aliphatic heterocycles. The van der Waals surface area contributed by atoms with Crippen LogP contribution in [0, 0.1) is 0 Å². The number of nitrogens with one attached hydrogen (secondary N) is 1. The summed E-state index contributed by atoms with van der Waals surface area (Å²) in [4.78, 5) is 0. The second kappa shape index (κ2) is 9.15. The Morgan fingerprint density at radius 2 is 1.65 bits per heavy atom. The predicted molar refractivity (Wildman–Crippen MR) is 85.0 cm³/mol. The highest BCUT2D eigenvalue weighted by molar-refractivity contribution is 5.22. The third-order valence-corrected chi connectivity index (χ3v) is 4.15. The standard InChI is InChI=1S/C18H29NO/c1-2-19-14-13-16-9-11-17(12-10-16)15-20-18-7-5-3-4-6-8-18/h9-12,18-19H,2-8,13-15H2,1H3. The van der Waals surface area contributed by atoms with Crippen LogP contribution in [0.2, 0.25) is 0 Å². The van der Waals surface area contributed by atoms with Gasteiger partial charge in [-0.15, -0.1) is 0 Å². The topological polar surface area (TPSA) is 21.3 Å². The molecule has 112 valence electrons. The maximum atomic E-state index is 6.08. The summed E-state index contributed by atoms with van der Waals surface area (Å²) in [6.45, 7) is 5.04. The summed E-state index contributed by atoms with van der Waals surface area (Å²) in [5.74, 6) is 0. The molecular formula is C18H29NO. The zero-order valence-corrected chi connectivity index (χ0v) is 12.9. The quantitative estimate of drug-likeness (QED) is 0.598. The van der Waals surface area contributed by atoms with Gasteiger partial charge in [0.1, 0.15) is 0 Å². The van der Waals surface area contributed by atoms with E-state index < -0.39 is 0 Å². The van der Waals surface area contributed by atoms with Gasteiger partial charge in [0.25, 0.3) is 0 Å². The molecule has 0 bridgehead atoms. The summed E-state index contributed by atoms with van der Waals surface area (Å²) in [6.07, 6.45) is 9.56. The number of benzene rings is 1. The summed E-state index contributed by atoms with van der Waals surface area (Å²) in [6, 6.07) is 8.92. The molecule has 2 rings (SSSR count). The van der Waals surface area contributed by atoms with Crippen molar-refractivity contribution in [3.63, 3.8) is 0 Å². The Labute approximate surface area is 123 Å². The Bertz CT molecular complexity index is 352. The van der Waals surface area contributed by atoms with Gasteiger partial charge in [0.05, 0.1) is 12.7 Å². The van der Waals surface area contributed by atoms with Gasteiger partial charge in [0, 0.05) is 0 Å². The van der Waals surface area contributed by atoms with Gasteiger partial charge in [-0.25, -0.2) is 0 Å². The maximum Gasteiger partial charge on any atom is 0.0720 e. The van der Waals surface area contributed by atoms with E-state index in [0.29, 0.717) is 6.10 Å². The molecule has 1 aliphatic carbocycles. The molecule has 0 radical (unpaired) electrons. The Morgan fingerprint density at radius 3 is 2.30 bits per heavy atom. The van der Waals surface area contributed by atoms with E-state index in [9.17, 15) is 0 Å². The zero-order valence-electron chi connectivity index (χ0n) is 12.9. The molecule has 0 heterocycles. The van der Waals surface area contributed by atoms with Gasteiger partial charge in [-0.2, -0.15) is 0 Å². The lowest BCUT2D eigenvalue weighted by Gasteiger charge is -2.15. The second-order valence-corrected chi connectivity index (χ2v) is 5.84. The molecule has 0 atom stereocenters. The van der Waals surface area contributed by atoms with Crippen LogP contribution in [0.1, 0.15) is 56.6 Å². The molecule has 1 saturated carbocycles. The van der Waals surface area contributed by atoms with E-state index in [1.54, 1.807) is 0 Å². The SMILES string of the molecule is CCNCCc1ccc(COC2CCCCCC2)cc1. The smallest absolute Gasteiger partial charge is 0.0720 e. The third kappa shape index (κ3) is 5.64. The molecule has 1 aromatic rings. The van der Waals surface area contributed by atoms with Crippen LogP contribution in [0.25, 0.3) is 0 Å². The normalized spacial score (nSPS) is 17.1. The summed E-state index contributed by atoms with van der Waals surface area (Å²) in [5, 5.41) is 3.36. The van der Waals surface area contributed by atoms with Crippen molar-refractivity contribution >= 4 is 0 Å². The van der Waals surface area contributed by atoms with Gasteiger partial charge in [-0.05, 0) is 43.5 Å². The van der Waals surface area contributed by atoms with Crippen LogP contribution in [0.5, 0.6) is 0 Å². The summed E-state index contributed by atoms with van der Waals surface area (Å²) in [7, 11) is 0. The average molecular weight is 275 g/mol. The minimum absolute atomic E-state index is 0.492. The average Bonchev–Trinajstić information content (AvgIpc) is 2.75. The van der Waals surface area contributed by atoms with Crippen LogP contribution in [-0.4, -0.2) is 19.2 Å². The van der Waals surface area contributed by atoms with E-state index in [0.717, 1.165) is 26.1 Å². The van der Waals surface area contributed by atoms with E-state index in [-0.39, 0.29) is 0 Å². The van der Waals surface area contributed by atoms with Gasteiger partial charge in [0.15, 0.2) is 0 Å². The lowest BCUT2D eigenvalue weighted by molar-refractivity contribution is 0.0310. The lowest BCUT2D eigenvalue weighted by atomic mass is 10.1. The van der Waals surface area contributed by atoms with Crippen molar-refractivity contribution < 1.29 is 4.74 Å². The Hall–Kier alpha value is -0.860. The molecule has 0 unspecified atom stereocenters. The van der Waals surface area contributed by atoms with Crippen molar-refractivity contribution in [3.05, 3.63) is 35.4 Å². The van der Waals surface area contributed by atoms with Crippen molar-refractivity contribution in [2.24, 2.45) is 0 Å². The van der Waals surface area contributed by atoms with Crippen LogP contribution >= 0.6 is 0 Å². The number of hydrogen-bond donors (Lipinski definition) is 1. The number of likely N-dealkylation sites (N-methyl/N-ethyl adjacent to an activating group) is 1. The maximum absolute atomic E-state index is 6.08.